The fourth-order valence-electron chi connectivity index (χ4n) is 5.76. The van der Waals surface area contributed by atoms with E-state index in [1.54, 1.807) is 6.26 Å². The van der Waals surface area contributed by atoms with E-state index in [1.165, 1.54) is 10.8 Å². The molecule has 8 rings (SSSR count). The minimum absolute atomic E-state index is 0.206. The summed E-state index contributed by atoms with van der Waals surface area (Å²) in [5.41, 5.74) is 4.35. The first-order valence-corrected chi connectivity index (χ1v) is 12.5. The van der Waals surface area contributed by atoms with Gasteiger partial charge < -0.3 is 4.42 Å². The second kappa shape index (κ2) is 7.81. The Kier molecular flexibility index (Phi) is 3.88. The summed E-state index contributed by atoms with van der Waals surface area (Å²) in [6.07, 6.45) is 1.77. The standard InChI is InChI=1S/C36H22O/c1-2-9-24(10-3-1)35-30(16-15-27-20-25-11-4-5-12-26(25)21-33(27)35)34-22-37-36-31-17-14-23-8-6-7-13-28(23)29(31)18-19-32(34)36/h1-22H/i15D,16D. The van der Waals surface area contributed by atoms with Crippen LogP contribution >= 0.6 is 0 Å². The normalized spacial score (nSPS) is 12.5. The molecule has 1 heterocycles. The van der Waals surface area contributed by atoms with Gasteiger partial charge in [-0.1, -0.05) is 103 Å². The zero-order valence-electron chi connectivity index (χ0n) is 22.0. The zero-order valence-corrected chi connectivity index (χ0v) is 20.0. The summed E-state index contributed by atoms with van der Waals surface area (Å²) < 4.78 is 24.6. The number of fused-ring (bicyclic) bond motifs is 7. The molecule has 1 nitrogen and oxygen atoms in total. The van der Waals surface area contributed by atoms with Gasteiger partial charge in [-0.3, -0.25) is 0 Å². The Hall–Kier alpha value is -4.88. The Labute approximate surface area is 217 Å². The quantitative estimate of drug-likeness (QED) is 0.180. The maximum atomic E-state index is 9.27. The maximum absolute atomic E-state index is 9.27. The van der Waals surface area contributed by atoms with Crippen LogP contribution in [0.3, 0.4) is 0 Å². The lowest BCUT2D eigenvalue weighted by Gasteiger charge is -2.14. The van der Waals surface area contributed by atoms with Gasteiger partial charge in [-0.05, 0) is 78.7 Å². The minimum Gasteiger partial charge on any atom is -0.463 e. The van der Waals surface area contributed by atoms with Crippen molar-refractivity contribution in [2.24, 2.45) is 0 Å². The van der Waals surface area contributed by atoms with Crippen molar-refractivity contribution in [3.05, 3.63) is 134 Å². The third kappa shape index (κ3) is 3.04. The molecule has 0 saturated heterocycles. The summed E-state index contributed by atoms with van der Waals surface area (Å²) in [6.45, 7) is 0. The monoisotopic (exact) mass is 472 g/mol. The second-order valence-corrected chi connectivity index (χ2v) is 9.58. The summed E-state index contributed by atoms with van der Waals surface area (Å²) in [5.74, 6) is 0. The van der Waals surface area contributed by atoms with Gasteiger partial charge in [0.25, 0.3) is 0 Å². The molecule has 8 aromatic rings. The molecule has 0 amide bonds. The van der Waals surface area contributed by atoms with Crippen molar-refractivity contribution in [3.63, 3.8) is 0 Å². The molecule has 0 N–H and O–H groups in total. The second-order valence-electron chi connectivity index (χ2n) is 9.58. The van der Waals surface area contributed by atoms with Crippen molar-refractivity contribution in [3.8, 4) is 22.3 Å². The van der Waals surface area contributed by atoms with Crippen LogP contribution in [0.2, 0.25) is 0 Å². The van der Waals surface area contributed by atoms with E-state index in [1.807, 2.05) is 36.4 Å². The Morgan fingerprint density at radius 1 is 0.459 bits per heavy atom. The number of furan rings is 1. The van der Waals surface area contributed by atoms with Crippen LogP contribution < -0.4 is 0 Å². The lowest BCUT2D eigenvalue weighted by Crippen LogP contribution is -1.88. The zero-order chi connectivity index (χ0) is 26.1. The van der Waals surface area contributed by atoms with Crippen molar-refractivity contribution in [1.82, 2.24) is 0 Å². The van der Waals surface area contributed by atoms with E-state index < -0.39 is 0 Å². The smallest absolute Gasteiger partial charge is 0.142 e. The first-order chi connectivity index (χ1) is 19.2. The van der Waals surface area contributed by atoms with Crippen LogP contribution in [-0.4, -0.2) is 0 Å². The molecule has 0 aliphatic rings. The first kappa shape index (κ1) is 18.4. The lowest BCUT2D eigenvalue weighted by atomic mass is 9.88. The van der Waals surface area contributed by atoms with E-state index in [9.17, 15) is 1.37 Å². The highest BCUT2D eigenvalue weighted by molar-refractivity contribution is 6.19. The van der Waals surface area contributed by atoms with E-state index in [-0.39, 0.29) is 12.1 Å². The topological polar surface area (TPSA) is 13.1 Å². The average Bonchev–Trinajstić information content (AvgIpc) is 3.42. The number of hydrogen-bond donors (Lipinski definition) is 0. The SMILES string of the molecule is [2H]c1c(-c2coc3c2ccc2c4ccccc4ccc23)c(-c2ccccc2)c2cc3ccccc3cc2c1[2H]. The molecule has 7 aromatic carbocycles. The molecule has 0 radical (unpaired) electrons. The van der Waals surface area contributed by atoms with Crippen LogP contribution in [0.5, 0.6) is 0 Å². The molecule has 0 aliphatic heterocycles. The van der Waals surface area contributed by atoms with Crippen LogP contribution in [0, 0.1) is 0 Å². The Morgan fingerprint density at radius 2 is 1.16 bits per heavy atom. The molecule has 37 heavy (non-hydrogen) atoms. The first-order valence-electron chi connectivity index (χ1n) is 13.5. The fourth-order valence-corrected chi connectivity index (χ4v) is 5.76. The average molecular weight is 473 g/mol. The van der Waals surface area contributed by atoms with Crippen molar-refractivity contribution < 1.29 is 7.16 Å². The molecule has 0 aliphatic carbocycles. The predicted molar refractivity (Wildman–Crippen MR) is 157 cm³/mol. The largest absolute Gasteiger partial charge is 0.463 e. The van der Waals surface area contributed by atoms with Crippen molar-refractivity contribution in [2.45, 2.75) is 0 Å². The van der Waals surface area contributed by atoms with Crippen LogP contribution in [0.15, 0.2) is 138 Å². The number of benzene rings is 7. The van der Waals surface area contributed by atoms with Gasteiger partial charge in [-0.25, -0.2) is 0 Å². The summed E-state index contributed by atoms with van der Waals surface area (Å²) >= 11 is 0. The summed E-state index contributed by atoms with van der Waals surface area (Å²) in [5, 5.41) is 9.44. The summed E-state index contributed by atoms with van der Waals surface area (Å²) in [7, 11) is 0. The molecule has 0 spiro atoms. The molecule has 0 fully saturated rings. The minimum atomic E-state index is 0.206. The predicted octanol–water partition coefficient (Wildman–Crippen LogP) is 10.4. The van der Waals surface area contributed by atoms with Gasteiger partial charge in [0.2, 0.25) is 0 Å². The highest BCUT2D eigenvalue weighted by atomic mass is 16.3. The van der Waals surface area contributed by atoms with E-state index in [0.717, 1.165) is 65.5 Å². The van der Waals surface area contributed by atoms with Crippen molar-refractivity contribution in [2.75, 3.05) is 0 Å². The van der Waals surface area contributed by atoms with Crippen molar-refractivity contribution >= 4 is 54.1 Å². The fraction of sp³-hybridized carbons (Fsp3) is 0. The van der Waals surface area contributed by atoms with Gasteiger partial charge >= 0.3 is 0 Å². The Balaban J connectivity index is 1.51. The molecular weight excluding hydrogens is 448 g/mol. The molecule has 0 bridgehead atoms. The van der Waals surface area contributed by atoms with E-state index >= 15 is 0 Å². The van der Waals surface area contributed by atoms with E-state index in [2.05, 4.69) is 78.9 Å². The molecule has 0 saturated carbocycles. The van der Waals surface area contributed by atoms with Gasteiger partial charge in [0.05, 0.1) is 9.00 Å². The maximum Gasteiger partial charge on any atom is 0.142 e. The van der Waals surface area contributed by atoms with Gasteiger partial charge in [0, 0.05) is 16.3 Å². The van der Waals surface area contributed by atoms with E-state index in [4.69, 9.17) is 5.79 Å². The van der Waals surface area contributed by atoms with Crippen LogP contribution in [0.1, 0.15) is 2.74 Å². The Bertz CT molecular complexity index is 2240. The summed E-state index contributed by atoms with van der Waals surface area (Å²) in [6, 6.07) is 40.0. The van der Waals surface area contributed by atoms with Gasteiger partial charge in [0.1, 0.15) is 5.58 Å². The van der Waals surface area contributed by atoms with Crippen molar-refractivity contribution in [1.29, 1.82) is 0 Å². The molecule has 1 heteroatoms. The highest BCUT2D eigenvalue weighted by Gasteiger charge is 2.18. The number of rotatable bonds is 2. The third-order valence-electron chi connectivity index (χ3n) is 7.52. The molecule has 1 aromatic heterocycles. The number of hydrogen-bond acceptors (Lipinski definition) is 1. The molecule has 0 unspecified atom stereocenters. The van der Waals surface area contributed by atoms with Gasteiger partial charge in [-0.2, -0.15) is 0 Å². The van der Waals surface area contributed by atoms with E-state index in [0.29, 0.717) is 0 Å². The van der Waals surface area contributed by atoms with Gasteiger partial charge in [-0.15, -0.1) is 0 Å². The highest BCUT2D eigenvalue weighted by Crippen LogP contribution is 2.44. The Morgan fingerprint density at radius 3 is 2.03 bits per heavy atom. The van der Waals surface area contributed by atoms with Crippen LogP contribution in [0.4, 0.5) is 0 Å². The molecule has 0 atom stereocenters. The molecular formula is C36H22O. The summed E-state index contributed by atoms with van der Waals surface area (Å²) in [4.78, 5) is 0. The van der Waals surface area contributed by atoms with Crippen LogP contribution in [0.25, 0.3) is 76.3 Å². The molecule has 172 valence electrons. The van der Waals surface area contributed by atoms with Crippen LogP contribution in [-0.2, 0) is 0 Å². The van der Waals surface area contributed by atoms with Gasteiger partial charge in [0.15, 0.2) is 0 Å². The lowest BCUT2D eigenvalue weighted by molar-refractivity contribution is 0.620. The third-order valence-corrected chi connectivity index (χ3v) is 7.52.